The number of anilines is 1. The normalized spacial score (nSPS) is 11.0. The summed E-state index contributed by atoms with van der Waals surface area (Å²) in [4.78, 5) is 7.89. The Balaban J connectivity index is 2.19. The van der Waals surface area contributed by atoms with Gasteiger partial charge in [0.05, 0.1) is 11.0 Å². The number of nitrogens with two attached hydrogens (primary N) is 1. The van der Waals surface area contributed by atoms with E-state index in [0.717, 1.165) is 32.6 Å². The number of rotatable bonds is 1. The number of imidazole rings is 1. The van der Waals surface area contributed by atoms with Crippen molar-refractivity contribution in [3.63, 3.8) is 0 Å². The van der Waals surface area contributed by atoms with Crippen LogP contribution < -0.4 is 5.73 Å². The number of halogens is 1. The fourth-order valence-corrected chi connectivity index (χ4v) is 2.52. The Kier molecular flexibility index (Phi) is 2.59. The van der Waals surface area contributed by atoms with Gasteiger partial charge in [-0.2, -0.15) is 0 Å². The number of fused-ring (bicyclic) bond motifs is 1. The predicted molar refractivity (Wildman–Crippen MR) is 78.4 cm³/mol. The molecule has 18 heavy (non-hydrogen) atoms. The predicted octanol–water partition coefficient (Wildman–Crippen LogP) is 3.88. The number of hydrogen-bond donors (Lipinski definition) is 2. The molecule has 4 heteroatoms. The molecule has 1 heterocycles. The van der Waals surface area contributed by atoms with Crippen LogP contribution in [0.15, 0.2) is 40.9 Å². The first-order valence-corrected chi connectivity index (χ1v) is 6.44. The molecule has 0 aliphatic heterocycles. The van der Waals surface area contributed by atoms with Crippen molar-refractivity contribution in [3.8, 4) is 11.4 Å². The molecule has 1 aromatic heterocycles. The van der Waals surface area contributed by atoms with Crippen molar-refractivity contribution in [3.05, 3.63) is 46.4 Å². The van der Waals surface area contributed by atoms with Crippen LogP contribution in [0.2, 0.25) is 0 Å². The van der Waals surface area contributed by atoms with Gasteiger partial charge in [-0.25, -0.2) is 4.98 Å². The summed E-state index contributed by atoms with van der Waals surface area (Å²) >= 11 is 3.44. The summed E-state index contributed by atoms with van der Waals surface area (Å²) in [6, 6.07) is 12.0. The van der Waals surface area contributed by atoms with E-state index in [1.807, 2.05) is 24.3 Å². The Morgan fingerprint density at radius 3 is 2.78 bits per heavy atom. The van der Waals surface area contributed by atoms with Gasteiger partial charge >= 0.3 is 0 Å². The van der Waals surface area contributed by atoms with Crippen LogP contribution in [0.1, 0.15) is 5.56 Å². The number of aryl methyl sites for hydroxylation is 1. The Labute approximate surface area is 113 Å². The Morgan fingerprint density at radius 2 is 2.00 bits per heavy atom. The summed E-state index contributed by atoms with van der Waals surface area (Å²) in [7, 11) is 0. The number of nitrogens with zero attached hydrogens (tertiary/aromatic N) is 1. The summed E-state index contributed by atoms with van der Waals surface area (Å²) in [6.45, 7) is 2.07. The molecule has 3 aromatic rings. The number of hydrogen-bond acceptors (Lipinski definition) is 2. The first-order valence-electron chi connectivity index (χ1n) is 5.64. The third kappa shape index (κ3) is 1.99. The van der Waals surface area contributed by atoms with Gasteiger partial charge in [-0.15, -0.1) is 0 Å². The van der Waals surface area contributed by atoms with E-state index in [2.05, 4.69) is 45.0 Å². The topological polar surface area (TPSA) is 54.7 Å². The van der Waals surface area contributed by atoms with Crippen LogP contribution in [0.5, 0.6) is 0 Å². The van der Waals surface area contributed by atoms with Gasteiger partial charge in [-0.1, -0.05) is 22.0 Å². The molecule has 0 saturated heterocycles. The molecule has 3 nitrogen and oxygen atoms in total. The third-order valence-electron chi connectivity index (χ3n) is 2.83. The Bertz CT molecular complexity index is 711. The lowest BCUT2D eigenvalue weighted by Crippen LogP contribution is -1.87. The molecule has 0 aliphatic carbocycles. The maximum Gasteiger partial charge on any atom is 0.138 e. The van der Waals surface area contributed by atoms with E-state index in [-0.39, 0.29) is 0 Å². The van der Waals surface area contributed by atoms with Crippen LogP contribution in [0.4, 0.5) is 5.69 Å². The molecule has 0 bridgehead atoms. The van der Waals surface area contributed by atoms with Crippen LogP contribution in [0, 0.1) is 6.92 Å². The van der Waals surface area contributed by atoms with Crippen molar-refractivity contribution in [2.24, 2.45) is 0 Å². The van der Waals surface area contributed by atoms with Gasteiger partial charge in [0.25, 0.3) is 0 Å². The monoisotopic (exact) mass is 301 g/mol. The average Bonchev–Trinajstić information content (AvgIpc) is 2.70. The Hall–Kier alpha value is -1.81. The van der Waals surface area contributed by atoms with Crippen molar-refractivity contribution in [1.82, 2.24) is 9.97 Å². The highest BCUT2D eigenvalue weighted by Gasteiger charge is 2.06. The van der Waals surface area contributed by atoms with Gasteiger partial charge in [0.2, 0.25) is 0 Å². The number of aromatic nitrogens is 2. The summed E-state index contributed by atoms with van der Waals surface area (Å²) in [5, 5.41) is 0. The van der Waals surface area contributed by atoms with E-state index in [1.165, 1.54) is 5.56 Å². The molecule has 0 amide bonds. The van der Waals surface area contributed by atoms with Gasteiger partial charge in [0.15, 0.2) is 0 Å². The average molecular weight is 302 g/mol. The minimum Gasteiger partial charge on any atom is -0.399 e. The molecule has 3 N–H and O–H groups in total. The van der Waals surface area contributed by atoms with Crippen LogP contribution in [0.3, 0.4) is 0 Å². The Morgan fingerprint density at radius 1 is 1.17 bits per heavy atom. The summed E-state index contributed by atoms with van der Waals surface area (Å²) in [5.41, 5.74) is 10.8. The first-order chi connectivity index (χ1) is 8.61. The molecule has 0 atom stereocenters. The molecular formula is C14H12BrN3. The van der Waals surface area contributed by atoms with Gasteiger partial charge in [0, 0.05) is 15.7 Å². The molecule has 0 spiro atoms. The lowest BCUT2D eigenvalue weighted by molar-refractivity contribution is 1.33. The highest BCUT2D eigenvalue weighted by Crippen LogP contribution is 2.26. The van der Waals surface area contributed by atoms with Crippen LogP contribution >= 0.6 is 15.9 Å². The fraction of sp³-hybridized carbons (Fsp3) is 0.0714. The van der Waals surface area contributed by atoms with Crippen molar-refractivity contribution < 1.29 is 0 Å². The second-order valence-corrected chi connectivity index (χ2v) is 5.29. The fourth-order valence-electron chi connectivity index (χ4n) is 2.01. The number of nitrogen functional groups attached to an aromatic ring is 1. The number of aromatic amines is 1. The van der Waals surface area contributed by atoms with Gasteiger partial charge in [0.1, 0.15) is 5.82 Å². The summed E-state index contributed by atoms with van der Waals surface area (Å²) in [6.07, 6.45) is 0. The second-order valence-electron chi connectivity index (χ2n) is 4.38. The number of nitrogens with one attached hydrogen (secondary N) is 1. The van der Waals surface area contributed by atoms with Crippen LogP contribution in [0.25, 0.3) is 22.4 Å². The van der Waals surface area contributed by atoms with Crippen molar-refractivity contribution >= 4 is 32.7 Å². The van der Waals surface area contributed by atoms with E-state index >= 15 is 0 Å². The zero-order valence-electron chi connectivity index (χ0n) is 9.87. The molecule has 0 unspecified atom stereocenters. The van der Waals surface area contributed by atoms with Crippen LogP contribution in [-0.4, -0.2) is 9.97 Å². The lowest BCUT2D eigenvalue weighted by atomic mass is 10.2. The van der Waals surface area contributed by atoms with E-state index in [4.69, 9.17) is 5.73 Å². The molecule has 0 radical (unpaired) electrons. The summed E-state index contributed by atoms with van der Waals surface area (Å²) in [5.74, 6) is 0.837. The SMILES string of the molecule is Cc1ccc2nc(-c3cc(N)cc(Br)c3)[nH]c2c1. The maximum absolute atomic E-state index is 5.84. The van der Waals surface area contributed by atoms with E-state index in [1.54, 1.807) is 0 Å². The molecule has 0 aliphatic rings. The number of benzene rings is 2. The van der Waals surface area contributed by atoms with Gasteiger partial charge in [-0.3, -0.25) is 0 Å². The lowest BCUT2D eigenvalue weighted by Gasteiger charge is -2.00. The van der Waals surface area contributed by atoms with Crippen molar-refractivity contribution in [2.75, 3.05) is 5.73 Å². The van der Waals surface area contributed by atoms with Crippen molar-refractivity contribution in [1.29, 1.82) is 0 Å². The highest BCUT2D eigenvalue weighted by molar-refractivity contribution is 9.10. The zero-order valence-corrected chi connectivity index (χ0v) is 11.5. The van der Waals surface area contributed by atoms with E-state index in [9.17, 15) is 0 Å². The largest absolute Gasteiger partial charge is 0.399 e. The first kappa shape index (κ1) is 11.3. The maximum atomic E-state index is 5.84. The molecule has 3 rings (SSSR count). The van der Waals surface area contributed by atoms with E-state index in [0.29, 0.717) is 0 Å². The quantitative estimate of drug-likeness (QED) is 0.670. The smallest absolute Gasteiger partial charge is 0.138 e. The zero-order chi connectivity index (χ0) is 12.7. The molecule has 0 fully saturated rings. The molecule has 2 aromatic carbocycles. The molecular weight excluding hydrogens is 290 g/mol. The number of H-pyrrole nitrogens is 1. The van der Waals surface area contributed by atoms with Gasteiger partial charge in [-0.05, 0) is 42.8 Å². The molecule has 0 saturated carbocycles. The minimum atomic E-state index is 0.719. The third-order valence-corrected chi connectivity index (χ3v) is 3.29. The van der Waals surface area contributed by atoms with Gasteiger partial charge < -0.3 is 10.7 Å². The van der Waals surface area contributed by atoms with Crippen molar-refractivity contribution in [2.45, 2.75) is 6.92 Å². The summed E-state index contributed by atoms with van der Waals surface area (Å²) < 4.78 is 0.953. The van der Waals surface area contributed by atoms with E-state index < -0.39 is 0 Å². The second kappa shape index (κ2) is 4.14. The van der Waals surface area contributed by atoms with Crippen LogP contribution in [-0.2, 0) is 0 Å². The standard InChI is InChI=1S/C14H12BrN3/c1-8-2-3-12-13(4-8)18-14(17-12)9-5-10(15)7-11(16)6-9/h2-7H,16H2,1H3,(H,17,18). The minimum absolute atomic E-state index is 0.719. The molecule has 90 valence electrons. The highest BCUT2D eigenvalue weighted by atomic mass is 79.9.